The SMILES string of the molecule is CN(C)c1ccc(C(=O)Oc2nnc(-c3ccccc3Oc3ccccc3)o2)cc1. The molecule has 0 unspecified atom stereocenters. The van der Waals surface area contributed by atoms with Crippen molar-refractivity contribution in [3.8, 4) is 29.0 Å². The number of esters is 1. The number of ether oxygens (including phenoxy) is 2. The van der Waals surface area contributed by atoms with E-state index in [9.17, 15) is 4.79 Å². The maximum absolute atomic E-state index is 12.4. The van der Waals surface area contributed by atoms with Crippen molar-refractivity contribution in [3.05, 3.63) is 84.4 Å². The van der Waals surface area contributed by atoms with Crippen LogP contribution in [0.25, 0.3) is 11.5 Å². The molecule has 0 saturated carbocycles. The zero-order valence-corrected chi connectivity index (χ0v) is 16.5. The lowest BCUT2D eigenvalue weighted by Crippen LogP contribution is -2.11. The summed E-state index contributed by atoms with van der Waals surface area (Å²) in [5.74, 6) is 0.832. The molecule has 0 saturated heterocycles. The molecule has 30 heavy (non-hydrogen) atoms. The van der Waals surface area contributed by atoms with Crippen molar-refractivity contribution < 1.29 is 18.7 Å². The first kappa shape index (κ1) is 19.2. The summed E-state index contributed by atoms with van der Waals surface area (Å²) < 4.78 is 16.7. The fourth-order valence-corrected chi connectivity index (χ4v) is 2.74. The van der Waals surface area contributed by atoms with Gasteiger partial charge in [-0.1, -0.05) is 35.4 Å². The van der Waals surface area contributed by atoms with Crippen LogP contribution in [0.3, 0.4) is 0 Å². The highest BCUT2D eigenvalue weighted by atomic mass is 16.6. The summed E-state index contributed by atoms with van der Waals surface area (Å²) in [5.41, 5.74) is 1.95. The number of benzene rings is 3. The lowest BCUT2D eigenvalue weighted by molar-refractivity contribution is 0.0684. The van der Waals surface area contributed by atoms with Gasteiger partial charge in [0.15, 0.2) is 0 Å². The van der Waals surface area contributed by atoms with Crippen molar-refractivity contribution >= 4 is 11.7 Å². The van der Waals surface area contributed by atoms with Crippen LogP contribution in [-0.4, -0.2) is 30.3 Å². The Morgan fingerprint density at radius 1 is 0.867 bits per heavy atom. The molecule has 4 aromatic rings. The molecule has 1 aromatic heterocycles. The molecule has 3 aromatic carbocycles. The minimum atomic E-state index is -0.579. The zero-order valence-electron chi connectivity index (χ0n) is 16.5. The van der Waals surface area contributed by atoms with E-state index in [1.54, 1.807) is 24.3 Å². The predicted octanol–water partition coefficient (Wildman–Crippen LogP) is 4.81. The molecular formula is C23H19N3O4. The minimum Gasteiger partial charge on any atom is -0.457 e. The molecule has 7 nitrogen and oxygen atoms in total. The van der Waals surface area contributed by atoms with Gasteiger partial charge in [-0.3, -0.25) is 0 Å². The van der Waals surface area contributed by atoms with Crippen LogP contribution in [0.5, 0.6) is 17.6 Å². The molecule has 0 radical (unpaired) electrons. The summed E-state index contributed by atoms with van der Waals surface area (Å²) in [6, 6.07) is 23.6. The Balaban J connectivity index is 1.51. The lowest BCUT2D eigenvalue weighted by Gasteiger charge is -2.11. The van der Waals surface area contributed by atoms with Crippen LogP contribution in [0, 0.1) is 0 Å². The van der Waals surface area contributed by atoms with E-state index in [-0.39, 0.29) is 12.0 Å². The topological polar surface area (TPSA) is 77.7 Å². The molecule has 0 fully saturated rings. The highest BCUT2D eigenvalue weighted by Gasteiger charge is 2.18. The molecule has 0 aliphatic carbocycles. The molecule has 7 heteroatoms. The highest BCUT2D eigenvalue weighted by Crippen LogP contribution is 2.33. The number of hydrogen-bond donors (Lipinski definition) is 0. The average Bonchev–Trinajstić information content (AvgIpc) is 3.23. The number of anilines is 1. The molecule has 0 amide bonds. The smallest absolute Gasteiger partial charge is 0.423 e. The van der Waals surface area contributed by atoms with E-state index >= 15 is 0 Å². The van der Waals surface area contributed by atoms with E-state index in [1.165, 1.54) is 0 Å². The Morgan fingerprint density at radius 2 is 1.57 bits per heavy atom. The van der Waals surface area contributed by atoms with Gasteiger partial charge in [0.2, 0.25) is 0 Å². The van der Waals surface area contributed by atoms with Gasteiger partial charge < -0.3 is 18.8 Å². The normalized spacial score (nSPS) is 10.5. The molecule has 0 spiro atoms. The Morgan fingerprint density at radius 3 is 2.30 bits per heavy atom. The van der Waals surface area contributed by atoms with E-state index in [4.69, 9.17) is 13.9 Å². The highest BCUT2D eigenvalue weighted by molar-refractivity contribution is 5.91. The third-order valence-corrected chi connectivity index (χ3v) is 4.29. The lowest BCUT2D eigenvalue weighted by atomic mass is 10.2. The van der Waals surface area contributed by atoms with Crippen LogP contribution >= 0.6 is 0 Å². The fourth-order valence-electron chi connectivity index (χ4n) is 2.74. The van der Waals surface area contributed by atoms with Crippen LogP contribution in [0.1, 0.15) is 10.4 Å². The van der Waals surface area contributed by atoms with Gasteiger partial charge in [0.1, 0.15) is 11.5 Å². The molecule has 0 aliphatic heterocycles. The van der Waals surface area contributed by atoms with Crippen molar-refractivity contribution in [3.63, 3.8) is 0 Å². The van der Waals surface area contributed by atoms with E-state index < -0.39 is 5.97 Å². The second kappa shape index (κ2) is 8.48. The summed E-state index contributed by atoms with van der Waals surface area (Å²) >= 11 is 0. The van der Waals surface area contributed by atoms with E-state index in [0.717, 1.165) is 5.69 Å². The number of carbonyl (C=O) groups is 1. The maximum atomic E-state index is 12.4. The van der Waals surface area contributed by atoms with Gasteiger partial charge in [-0.25, -0.2) is 4.79 Å². The largest absolute Gasteiger partial charge is 0.457 e. The van der Waals surface area contributed by atoms with Gasteiger partial charge in [-0.2, -0.15) is 0 Å². The number of para-hydroxylation sites is 2. The molecule has 1 heterocycles. The Labute approximate surface area is 173 Å². The van der Waals surface area contributed by atoms with Crippen LogP contribution in [0.2, 0.25) is 0 Å². The summed E-state index contributed by atoms with van der Waals surface area (Å²) in [6.07, 6.45) is -0.235. The second-order valence-electron chi connectivity index (χ2n) is 6.62. The van der Waals surface area contributed by atoms with Crippen molar-refractivity contribution in [1.29, 1.82) is 0 Å². The van der Waals surface area contributed by atoms with Crippen molar-refractivity contribution in [1.82, 2.24) is 10.2 Å². The van der Waals surface area contributed by atoms with Gasteiger partial charge in [0.05, 0.1) is 11.1 Å². The maximum Gasteiger partial charge on any atom is 0.423 e. The zero-order chi connectivity index (χ0) is 20.9. The number of hydrogen-bond acceptors (Lipinski definition) is 7. The van der Waals surface area contributed by atoms with Gasteiger partial charge >= 0.3 is 12.0 Å². The Kier molecular flexibility index (Phi) is 5.43. The minimum absolute atomic E-state index is 0.187. The first-order valence-corrected chi connectivity index (χ1v) is 9.25. The van der Waals surface area contributed by atoms with Crippen molar-refractivity contribution in [2.24, 2.45) is 0 Å². The standard InChI is InChI=1S/C23H19N3O4/c1-26(2)17-14-12-16(13-15-17)22(27)30-23-25-24-21(29-23)19-10-6-7-11-20(19)28-18-8-4-3-5-9-18/h3-15H,1-2H3. The van der Waals surface area contributed by atoms with Gasteiger partial charge in [-0.05, 0) is 48.5 Å². The summed E-state index contributed by atoms with van der Waals surface area (Å²) in [7, 11) is 3.85. The molecular weight excluding hydrogens is 382 g/mol. The van der Waals surface area contributed by atoms with Crippen LogP contribution in [-0.2, 0) is 0 Å². The molecule has 4 rings (SSSR count). The Bertz CT molecular complexity index is 1140. The number of aromatic nitrogens is 2. The first-order valence-electron chi connectivity index (χ1n) is 9.25. The third kappa shape index (κ3) is 4.30. The number of nitrogens with zero attached hydrogens (tertiary/aromatic N) is 3. The van der Waals surface area contributed by atoms with E-state index in [1.807, 2.05) is 73.6 Å². The quantitative estimate of drug-likeness (QED) is 0.429. The van der Waals surface area contributed by atoms with E-state index in [0.29, 0.717) is 22.6 Å². The van der Waals surface area contributed by atoms with Crippen LogP contribution in [0.4, 0.5) is 5.69 Å². The van der Waals surface area contributed by atoms with Gasteiger partial charge in [0, 0.05) is 19.8 Å². The average molecular weight is 401 g/mol. The third-order valence-electron chi connectivity index (χ3n) is 4.29. The van der Waals surface area contributed by atoms with Crippen LogP contribution in [0.15, 0.2) is 83.3 Å². The molecule has 0 N–H and O–H groups in total. The Hall–Kier alpha value is -4.13. The van der Waals surface area contributed by atoms with Crippen molar-refractivity contribution in [2.75, 3.05) is 19.0 Å². The number of rotatable bonds is 6. The van der Waals surface area contributed by atoms with Crippen LogP contribution < -0.4 is 14.4 Å². The first-order chi connectivity index (χ1) is 14.6. The molecule has 0 aliphatic rings. The number of carbonyl (C=O) groups excluding carboxylic acids is 1. The van der Waals surface area contributed by atoms with Crippen molar-refractivity contribution in [2.45, 2.75) is 0 Å². The fraction of sp³-hybridized carbons (Fsp3) is 0.0870. The predicted molar refractivity (Wildman–Crippen MR) is 112 cm³/mol. The molecule has 0 atom stereocenters. The van der Waals surface area contributed by atoms with Gasteiger partial charge in [-0.15, -0.1) is 5.10 Å². The monoisotopic (exact) mass is 401 g/mol. The molecule has 150 valence electrons. The summed E-state index contributed by atoms with van der Waals surface area (Å²) in [4.78, 5) is 14.3. The summed E-state index contributed by atoms with van der Waals surface area (Å²) in [6.45, 7) is 0. The van der Waals surface area contributed by atoms with Gasteiger partial charge in [0.25, 0.3) is 5.89 Å². The second-order valence-corrected chi connectivity index (χ2v) is 6.62. The summed E-state index contributed by atoms with van der Waals surface area (Å²) in [5, 5.41) is 7.82. The van der Waals surface area contributed by atoms with E-state index in [2.05, 4.69) is 10.2 Å². The molecule has 0 bridgehead atoms.